The molecule has 102 valence electrons. The van der Waals surface area contributed by atoms with E-state index in [0.29, 0.717) is 12.4 Å². The molecule has 0 bridgehead atoms. The summed E-state index contributed by atoms with van der Waals surface area (Å²) in [6.07, 6.45) is 2.80. The van der Waals surface area contributed by atoms with Crippen LogP contribution in [0.3, 0.4) is 0 Å². The predicted octanol–water partition coefficient (Wildman–Crippen LogP) is 0.312. The third-order valence-corrected chi connectivity index (χ3v) is 2.45. The molecule has 1 aromatic heterocycles. The smallest absolute Gasteiger partial charge is 0.234 e. The number of rotatable bonds is 7. The molecule has 1 heterocycles. The van der Waals surface area contributed by atoms with Crippen LogP contribution in [0.4, 0.5) is 5.82 Å². The molecule has 0 unspecified atom stereocenters. The van der Waals surface area contributed by atoms with Gasteiger partial charge in [0, 0.05) is 25.3 Å². The zero-order valence-electron chi connectivity index (χ0n) is 11.4. The number of amides is 1. The number of hydrogen-bond donors (Lipinski definition) is 2. The number of anilines is 1. The lowest BCUT2D eigenvalue weighted by molar-refractivity contribution is -0.122. The maximum Gasteiger partial charge on any atom is 0.234 e. The number of nitrogens with two attached hydrogens (primary N) is 1. The Kier molecular flexibility index (Phi) is 5.64. The topological polar surface area (TPSA) is 76.2 Å². The highest BCUT2D eigenvalue weighted by Gasteiger charge is 2.07. The summed E-state index contributed by atoms with van der Waals surface area (Å²) in [5.74, 6) is 0.607. The number of hydrogen-bond acceptors (Lipinski definition) is 4. The molecule has 0 fully saturated rings. The van der Waals surface area contributed by atoms with Crippen LogP contribution in [-0.4, -0.2) is 46.8 Å². The maximum absolute atomic E-state index is 11.5. The number of nitrogens with zero attached hydrogens (tertiary/aromatic N) is 3. The molecule has 0 aromatic carbocycles. The van der Waals surface area contributed by atoms with E-state index in [-0.39, 0.29) is 11.9 Å². The number of nitrogen functional groups attached to an aromatic ring is 1. The summed E-state index contributed by atoms with van der Waals surface area (Å²) in [7, 11) is 1.94. The van der Waals surface area contributed by atoms with Crippen molar-refractivity contribution in [1.82, 2.24) is 20.0 Å². The molecule has 0 spiro atoms. The van der Waals surface area contributed by atoms with Crippen LogP contribution < -0.4 is 11.1 Å². The van der Waals surface area contributed by atoms with Gasteiger partial charge in [-0.15, -0.1) is 0 Å². The maximum atomic E-state index is 11.5. The van der Waals surface area contributed by atoms with Crippen molar-refractivity contribution in [2.24, 2.45) is 0 Å². The minimum Gasteiger partial charge on any atom is -0.382 e. The monoisotopic (exact) mass is 253 g/mol. The Labute approximate surface area is 108 Å². The van der Waals surface area contributed by atoms with Gasteiger partial charge in [-0.2, -0.15) is 5.10 Å². The fraction of sp³-hybridized carbons (Fsp3) is 0.667. The summed E-state index contributed by atoms with van der Waals surface area (Å²) in [6, 6.07) is 1.97. The van der Waals surface area contributed by atoms with E-state index in [2.05, 4.69) is 10.4 Å². The van der Waals surface area contributed by atoms with Gasteiger partial charge in [0.15, 0.2) is 0 Å². The largest absolute Gasteiger partial charge is 0.382 e. The van der Waals surface area contributed by atoms with Crippen molar-refractivity contribution < 1.29 is 4.79 Å². The van der Waals surface area contributed by atoms with Crippen LogP contribution in [0, 0.1) is 0 Å². The van der Waals surface area contributed by atoms with E-state index in [1.807, 2.05) is 36.7 Å². The van der Waals surface area contributed by atoms with E-state index >= 15 is 0 Å². The number of aromatic nitrogens is 2. The van der Waals surface area contributed by atoms with Crippen LogP contribution in [0.2, 0.25) is 0 Å². The lowest BCUT2D eigenvalue weighted by Crippen LogP contribution is -2.39. The van der Waals surface area contributed by atoms with Crippen molar-refractivity contribution in [1.29, 1.82) is 0 Å². The van der Waals surface area contributed by atoms with Crippen LogP contribution in [0.25, 0.3) is 0 Å². The first-order valence-corrected chi connectivity index (χ1v) is 6.24. The van der Waals surface area contributed by atoms with Crippen molar-refractivity contribution in [2.75, 3.05) is 25.9 Å². The van der Waals surface area contributed by atoms with Crippen LogP contribution in [0.15, 0.2) is 12.3 Å². The highest BCUT2D eigenvalue weighted by Crippen LogP contribution is 1.98. The lowest BCUT2D eigenvalue weighted by atomic mass is 10.3. The Hall–Kier alpha value is -1.56. The molecule has 1 aromatic rings. The SMILES string of the molecule is CC(C)NC(=O)CN(C)CCCn1ccc(N)n1. The van der Waals surface area contributed by atoms with Crippen LogP contribution in [-0.2, 0) is 11.3 Å². The van der Waals surface area contributed by atoms with Gasteiger partial charge in [0.1, 0.15) is 5.82 Å². The third kappa shape index (κ3) is 5.67. The summed E-state index contributed by atoms with van der Waals surface area (Å²) in [4.78, 5) is 13.5. The highest BCUT2D eigenvalue weighted by molar-refractivity contribution is 5.78. The van der Waals surface area contributed by atoms with Gasteiger partial charge < -0.3 is 11.1 Å². The van der Waals surface area contributed by atoms with E-state index in [4.69, 9.17) is 5.73 Å². The van der Waals surface area contributed by atoms with Crippen molar-refractivity contribution >= 4 is 11.7 Å². The predicted molar refractivity (Wildman–Crippen MR) is 72.0 cm³/mol. The fourth-order valence-electron chi connectivity index (χ4n) is 1.70. The van der Waals surface area contributed by atoms with E-state index in [1.165, 1.54) is 0 Å². The fourth-order valence-corrected chi connectivity index (χ4v) is 1.70. The number of carbonyl (C=O) groups excluding carboxylic acids is 1. The molecule has 0 aliphatic carbocycles. The summed E-state index contributed by atoms with van der Waals surface area (Å²) in [5.41, 5.74) is 5.53. The summed E-state index contributed by atoms with van der Waals surface area (Å²) < 4.78 is 1.82. The van der Waals surface area contributed by atoms with Gasteiger partial charge in [-0.3, -0.25) is 14.4 Å². The lowest BCUT2D eigenvalue weighted by Gasteiger charge is -2.17. The Bertz CT molecular complexity index is 374. The second-order valence-electron chi connectivity index (χ2n) is 4.82. The molecule has 18 heavy (non-hydrogen) atoms. The zero-order chi connectivity index (χ0) is 13.5. The molecule has 0 aliphatic rings. The molecule has 3 N–H and O–H groups in total. The van der Waals surface area contributed by atoms with Crippen molar-refractivity contribution in [2.45, 2.75) is 32.9 Å². The summed E-state index contributed by atoms with van der Waals surface area (Å²) in [6.45, 7) is 6.01. The molecule has 0 atom stereocenters. The zero-order valence-corrected chi connectivity index (χ0v) is 11.4. The molecule has 1 rings (SSSR count). The van der Waals surface area contributed by atoms with Gasteiger partial charge in [0.25, 0.3) is 0 Å². The first kappa shape index (κ1) is 14.5. The average Bonchev–Trinajstić information content (AvgIpc) is 2.62. The summed E-state index contributed by atoms with van der Waals surface area (Å²) >= 11 is 0. The highest BCUT2D eigenvalue weighted by atomic mass is 16.2. The Morgan fingerprint density at radius 2 is 2.33 bits per heavy atom. The number of nitrogens with one attached hydrogen (secondary N) is 1. The van der Waals surface area contributed by atoms with Gasteiger partial charge in [-0.25, -0.2) is 0 Å². The standard InChI is InChI=1S/C12H23N5O/c1-10(2)14-12(18)9-16(3)6-4-7-17-8-5-11(13)15-17/h5,8,10H,4,6-7,9H2,1-3H3,(H2,13,15)(H,14,18). The molecule has 6 heteroatoms. The number of aryl methyl sites for hydroxylation is 1. The van der Waals surface area contributed by atoms with Gasteiger partial charge in [-0.05, 0) is 33.4 Å². The van der Waals surface area contributed by atoms with Crippen molar-refractivity contribution in [3.05, 3.63) is 12.3 Å². The third-order valence-electron chi connectivity index (χ3n) is 2.45. The normalized spacial score (nSPS) is 11.2. The van der Waals surface area contributed by atoms with Crippen LogP contribution >= 0.6 is 0 Å². The van der Waals surface area contributed by atoms with Gasteiger partial charge in [0.05, 0.1) is 6.54 Å². The van der Waals surface area contributed by atoms with E-state index in [1.54, 1.807) is 6.07 Å². The van der Waals surface area contributed by atoms with Crippen molar-refractivity contribution in [3.8, 4) is 0 Å². The molecule has 0 aliphatic heterocycles. The van der Waals surface area contributed by atoms with Crippen molar-refractivity contribution in [3.63, 3.8) is 0 Å². The molecule has 0 saturated carbocycles. The Morgan fingerprint density at radius 3 is 2.89 bits per heavy atom. The van der Waals surface area contributed by atoms with Crippen LogP contribution in [0.5, 0.6) is 0 Å². The van der Waals surface area contributed by atoms with Gasteiger partial charge in [0.2, 0.25) is 5.91 Å². The Morgan fingerprint density at radius 1 is 1.61 bits per heavy atom. The molecule has 1 amide bonds. The second kappa shape index (κ2) is 7.00. The van der Waals surface area contributed by atoms with Gasteiger partial charge in [-0.1, -0.05) is 0 Å². The minimum atomic E-state index is 0.0656. The number of carbonyl (C=O) groups is 1. The molecular weight excluding hydrogens is 230 g/mol. The average molecular weight is 253 g/mol. The molecule has 6 nitrogen and oxygen atoms in total. The summed E-state index contributed by atoms with van der Waals surface area (Å²) in [5, 5.41) is 6.97. The van der Waals surface area contributed by atoms with E-state index < -0.39 is 0 Å². The van der Waals surface area contributed by atoms with Crippen LogP contribution in [0.1, 0.15) is 20.3 Å². The Balaban J connectivity index is 2.17. The molecule has 0 radical (unpaired) electrons. The first-order valence-electron chi connectivity index (χ1n) is 6.24. The molecule has 0 saturated heterocycles. The quantitative estimate of drug-likeness (QED) is 0.733. The minimum absolute atomic E-state index is 0.0656. The van der Waals surface area contributed by atoms with Gasteiger partial charge >= 0.3 is 0 Å². The second-order valence-corrected chi connectivity index (χ2v) is 4.82. The first-order chi connectivity index (χ1) is 8.47. The van der Waals surface area contributed by atoms with E-state index in [0.717, 1.165) is 19.5 Å². The van der Waals surface area contributed by atoms with E-state index in [9.17, 15) is 4.79 Å². The number of likely N-dealkylation sites (N-methyl/N-ethyl adjacent to an activating group) is 1. The molecular formula is C12H23N5O.